The zero-order valence-corrected chi connectivity index (χ0v) is 12.1. The van der Waals surface area contributed by atoms with E-state index in [0.29, 0.717) is 16.9 Å². The fraction of sp³-hybridized carbons (Fsp3) is 0.0526. The molecular weight excluding hydrogens is 276 g/mol. The summed E-state index contributed by atoms with van der Waals surface area (Å²) < 4.78 is 5.55. The Balaban J connectivity index is 2.10. The molecule has 0 heterocycles. The SMILES string of the molecule is CC(=O)c1ccc2ccccc2c1OC(=O)c1ccccc1. The van der Waals surface area contributed by atoms with E-state index in [1.54, 1.807) is 30.3 Å². The molecule has 0 amide bonds. The van der Waals surface area contributed by atoms with Gasteiger partial charge in [-0.1, -0.05) is 48.5 Å². The van der Waals surface area contributed by atoms with Crippen LogP contribution in [0.15, 0.2) is 66.7 Å². The van der Waals surface area contributed by atoms with Crippen LogP contribution in [0.2, 0.25) is 0 Å². The zero-order valence-electron chi connectivity index (χ0n) is 12.1. The van der Waals surface area contributed by atoms with Crippen LogP contribution < -0.4 is 4.74 Å². The van der Waals surface area contributed by atoms with Crippen LogP contribution in [0, 0.1) is 0 Å². The summed E-state index contributed by atoms with van der Waals surface area (Å²) in [6.45, 7) is 1.46. The van der Waals surface area contributed by atoms with Gasteiger partial charge in [0.15, 0.2) is 5.78 Å². The third-order valence-corrected chi connectivity index (χ3v) is 3.46. The quantitative estimate of drug-likeness (QED) is 0.411. The molecule has 3 aromatic rings. The van der Waals surface area contributed by atoms with Crippen molar-refractivity contribution in [1.29, 1.82) is 0 Å². The van der Waals surface area contributed by atoms with Gasteiger partial charge in [-0.05, 0) is 30.5 Å². The van der Waals surface area contributed by atoms with E-state index in [1.807, 2.05) is 36.4 Å². The van der Waals surface area contributed by atoms with Gasteiger partial charge in [0.1, 0.15) is 5.75 Å². The van der Waals surface area contributed by atoms with Crippen LogP contribution >= 0.6 is 0 Å². The molecule has 0 aliphatic rings. The first kappa shape index (κ1) is 14.0. The number of benzene rings is 3. The second-order valence-electron chi connectivity index (χ2n) is 4.98. The summed E-state index contributed by atoms with van der Waals surface area (Å²) in [5, 5.41) is 1.67. The van der Waals surface area contributed by atoms with E-state index in [0.717, 1.165) is 10.8 Å². The van der Waals surface area contributed by atoms with E-state index in [9.17, 15) is 9.59 Å². The van der Waals surface area contributed by atoms with Crippen molar-refractivity contribution in [3.8, 4) is 5.75 Å². The number of hydrogen-bond donors (Lipinski definition) is 0. The highest BCUT2D eigenvalue weighted by Crippen LogP contribution is 2.31. The highest BCUT2D eigenvalue weighted by Gasteiger charge is 2.17. The van der Waals surface area contributed by atoms with Crippen molar-refractivity contribution >= 4 is 22.5 Å². The first-order chi connectivity index (χ1) is 10.7. The van der Waals surface area contributed by atoms with Crippen LogP contribution in [-0.2, 0) is 0 Å². The molecule has 0 aromatic heterocycles. The van der Waals surface area contributed by atoms with Crippen LogP contribution in [0.3, 0.4) is 0 Å². The molecule has 0 aliphatic carbocycles. The monoisotopic (exact) mass is 290 g/mol. The van der Waals surface area contributed by atoms with Crippen molar-refractivity contribution < 1.29 is 14.3 Å². The summed E-state index contributed by atoms with van der Waals surface area (Å²) >= 11 is 0. The molecular formula is C19H14O3. The average molecular weight is 290 g/mol. The van der Waals surface area contributed by atoms with E-state index in [-0.39, 0.29) is 5.78 Å². The first-order valence-electron chi connectivity index (χ1n) is 6.97. The van der Waals surface area contributed by atoms with Gasteiger partial charge < -0.3 is 4.74 Å². The summed E-state index contributed by atoms with van der Waals surface area (Å²) in [7, 11) is 0. The third-order valence-electron chi connectivity index (χ3n) is 3.46. The lowest BCUT2D eigenvalue weighted by atomic mass is 10.0. The van der Waals surface area contributed by atoms with Gasteiger partial charge in [-0.15, -0.1) is 0 Å². The standard InChI is InChI=1S/C19H14O3/c1-13(20)16-12-11-14-7-5-6-10-17(14)18(16)22-19(21)15-8-3-2-4-9-15/h2-12H,1H3. The molecule has 3 rings (SSSR count). The van der Waals surface area contributed by atoms with E-state index < -0.39 is 5.97 Å². The maximum atomic E-state index is 12.3. The van der Waals surface area contributed by atoms with Gasteiger partial charge in [-0.2, -0.15) is 0 Å². The molecule has 0 atom stereocenters. The number of carbonyl (C=O) groups excluding carboxylic acids is 2. The van der Waals surface area contributed by atoms with Crippen molar-refractivity contribution in [2.45, 2.75) is 6.92 Å². The molecule has 0 N–H and O–H groups in total. The number of hydrogen-bond acceptors (Lipinski definition) is 3. The number of esters is 1. The first-order valence-corrected chi connectivity index (χ1v) is 6.97. The number of Topliss-reactive ketones (excluding diaryl/α,β-unsaturated/α-hetero) is 1. The Morgan fingerprint density at radius 1 is 0.818 bits per heavy atom. The number of carbonyl (C=O) groups is 2. The number of ketones is 1. The van der Waals surface area contributed by atoms with Gasteiger partial charge in [0.05, 0.1) is 11.1 Å². The Kier molecular flexibility index (Phi) is 3.71. The smallest absolute Gasteiger partial charge is 0.343 e. The van der Waals surface area contributed by atoms with Gasteiger partial charge >= 0.3 is 5.97 Å². The second-order valence-corrected chi connectivity index (χ2v) is 4.98. The topological polar surface area (TPSA) is 43.4 Å². The lowest BCUT2D eigenvalue weighted by Gasteiger charge is -2.11. The molecule has 0 saturated carbocycles. The highest BCUT2D eigenvalue weighted by molar-refractivity contribution is 6.05. The average Bonchev–Trinajstić information content (AvgIpc) is 2.55. The molecule has 0 radical (unpaired) electrons. The third kappa shape index (κ3) is 2.61. The van der Waals surface area contributed by atoms with Crippen molar-refractivity contribution in [3.05, 3.63) is 77.9 Å². The summed E-state index contributed by atoms with van der Waals surface area (Å²) in [5.74, 6) is -0.291. The Morgan fingerprint density at radius 3 is 2.23 bits per heavy atom. The largest absolute Gasteiger partial charge is 0.421 e. The lowest BCUT2D eigenvalue weighted by Crippen LogP contribution is -2.11. The lowest BCUT2D eigenvalue weighted by molar-refractivity contribution is 0.0735. The van der Waals surface area contributed by atoms with Gasteiger partial charge in [0.25, 0.3) is 0 Å². The van der Waals surface area contributed by atoms with E-state index >= 15 is 0 Å². The van der Waals surface area contributed by atoms with Crippen LogP contribution in [0.4, 0.5) is 0 Å². The predicted octanol–water partition coefficient (Wildman–Crippen LogP) is 4.26. The van der Waals surface area contributed by atoms with Crippen molar-refractivity contribution in [3.63, 3.8) is 0 Å². The molecule has 3 heteroatoms. The number of rotatable bonds is 3. The fourth-order valence-corrected chi connectivity index (χ4v) is 2.36. The van der Waals surface area contributed by atoms with Gasteiger partial charge in [0, 0.05) is 5.39 Å². The second kappa shape index (κ2) is 5.82. The molecule has 0 fully saturated rings. The van der Waals surface area contributed by atoms with E-state index in [4.69, 9.17) is 4.74 Å². The fourth-order valence-electron chi connectivity index (χ4n) is 2.36. The molecule has 0 spiro atoms. The zero-order chi connectivity index (χ0) is 15.5. The summed E-state index contributed by atoms with van der Waals surface area (Å²) in [5.41, 5.74) is 0.855. The predicted molar refractivity (Wildman–Crippen MR) is 85.4 cm³/mol. The summed E-state index contributed by atoms with van der Waals surface area (Å²) in [6, 6.07) is 19.8. The normalized spacial score (nSPS) is 10.4. The molecule has 3 nitrogen and oxygen atoms in total. The van der Waals surface area contributed by atoms with Crippen LogP contribution in [0.1, 0.15) is 27.6 Å². The van der Waals surface area contributed by atoms with Crippen molar-refractivity contribution in [1.82, 2.24) is 0 Å². The Labute approximate surface area is 128 Å². The van der Waals surface area contributed by atoms with Gasteiger partial charge in [-0.3, -0.25) is 4.79 Å². The number of fused-ring (bicyclic) bond motifs is 1. The minimum Gasteiger partial charge on any atom is -0.421 e. The molecule has 3 aromatic carbocycles. The van der Waals surface area contributed by atoms with Crippen LogP contribution in [0.25, 0.3) is 10.8 Å². The summed E-state index contributed by atoms with van der Waals surface area (Å²) in [6.07, 6.45) is 0. The molecule has 0 saturated heterocycles. The highest BCUT2D eigenvalue weighted by atomic mass is 16.5. The molecule has 0 bridgehead atoms. The molecule has 22 heavy (non-hydrogen) atoms. The van der Waals surface area contributed by atoms with Gasteiger partial charge in [-0.25, -0.2) is 4.79 Å². The maximum absolute atomic E-state index is 12.3. The maximum Gasteiger partial charge on any atom is 0.343 e. The Hall–Kier alpha value is -2.94. The molecule has 108 valence electrons. The number of ether oxygens (including phenoxy) is 1. The van der Waals surface area contributed by atoms with Crippen LogP contribution in [-0.4, -0.2) is 11.8 Å². The van der Waals surface area contributed by atoms with Crippen molar-refractivity contribution in [2.24, 2.45) is 0 Å². The van der Waals surface area contributed by atoms with Gasteiger partial charge in [0.2, 0.25) is 0 Å². The minimum absolute atomic E-state index is 0.137. The van der Waals surface area contributed by atoms with Crippen molar-refractivity contribution in [2.75, 3.05) is 0 Å². The Bertz CT molecular complexity index is 851. The van der Waals surface area contributed by atoms with E-state index in [2.05, 4.69) is 0 Å². The summed E-state index contributed by atoms with van der Waals surface area (Å²) in [4.78, 5) is 24.1. The van der Waals surface area contributed by atoms with E-state index in [1.165, 1.54) is 6.92 Å². The molecule has 0 unspecified atom stereocenters. The van der Waals surface area contributed by atoms with Crippen LogP contribution in [0.5, 0.6) is 5.75 Å². The Morgan fingerprint density at radius 2 is 1.50 bits per heavy atom. The minimum atomic E-state index is -0.473. The molecule has 0 aliphatic heterocycles.